The van der Waals surface area contributed by atoms with Crippen molar-refractivity contribution in [2.24, 2.45) is 5.10 Å². The van der Waals surface area contributed by atoms with E-state index in [1.807, 2.05) is 36.4 Å². The number of nitrogens with zero attached hydrogens (tertiary/aromatic N) is 2. The maximum atomic E-state index is 11.7. The lowest BCUT2D eigenvalue weighted by Crippen LogP contribution is -2.24. The van der Waals surface area contributed by atoms with Crippen LogP contribution < -0.4 is 10.2 Å². The minimum atomic E-state index is -0.552. The van der Waals surface area contributed by atoms with Crippen molar-refractivity contribution in [2.45, 2.75) is 6.92 Å². The average Bonchev–Trinajstić information content (AvgIpc) is 2.61. The Morgan fingerprint density at radius 1 is 1.31 bits per heavy atom. The van der Waals surface area contributed by atoms with Crippen LogP contribution in [-0.4, -0.2) is 23.7 Å². The van der Waals surface area contributed by atoms with Gasteiger partial charge in [0.15, 0.2) is 12.4 Å². The predicted molar refractivity (Wildman–Crippen MR) is 103 cm³/mol. The number of rotatable bonds is 7. The molecule has 0 heterocycles. The van der Waals surface area contributed by atoms with Gasteiger partial charge >= 0.3 is 5.69 Å². The second-order valence-electron chi connectivity index (χ2n) is 5.25. The third kappa shape index (κ3) is 6.14. The minimum Gasteiger partial charge on any atom is -0.477 e. The first-order valence-electron chi connectivity index (χ1n) is 7.57. The first kappa shape index (κ1) is 19.3. The molecular formula is C18H16BrN3O4. The van der Waals surface area contributed by atoms with Crippen LogP contribution in [0.3, 0.4) is 0 Å². The van der Waals surface area contributed by atoms with E-state index in [2.05, 4.69) is 26.5 Å². The predicted octanol–water partition coefficient (Wildman–Crippen LogP) is 3.82. The van der Waals surface area contributed by atoms with Crippen molar-refractivity contribution in [3.63, 3.8) is 0 Å². The number of nitrogens with one attached hydrogen (secondary N) is 1. The largest absolute Gasteiger partial charge is 0.477 e. The molecule has 0 bridgehead atoms. The topological polar surface area (TPSA) is 93.8 Å². The second-order valence-corrected chi connectivity index (χ2v) is 6.17. The number of benzene rings is 2. The van der Waals surface area contributed by atoms with Crippen molar-refractivity contribution < 1.29 is 14.5 Å². The highest BCUT2D eigenvalue weighted by molar-refractivity contribution is 9.12. The van der Waals surface area contributed by atoms with Gasteiger partial charge in [0.25, 0.3) is 5.91 Å². The molecule has 26 heavy (non-hydrogen) atoms. The van der Waals surface area contributed by atoms with Crippen LogP contribution in [-0.2, 0) is 4.79 Å². The molecule has 7 nitrogen and oxygen atoms in total. The lowest BCUT2D eigenvalue weighted by molar-refractivity contribution is -0.385. The fourth-order valence-corrected chi connectivity index (χ4v) is 2.35. The highest BCUT2D eigenvalue weighted by Gasteiger charge is 2.16. The van der Waals surface area contributed by atoms with Crippen molar-refractivity contribution in [1.29, 1.82) is 0 Å². The Morgan fingerprint density at radius 3 is 2.73 bits per heavy atom. The van der Waals surface area contributed by atoms with Crippen molar-refractivity contribution >= 4 is 39.8 Å². The number of nitro benzene ring substituents is 1. The molecule has 0 spiro atoms. The summed E-state index contributed by atoms with van der Waals surface area (Å²) < 4.78 is 5.88. The Bertz CT molecular complexity index is 851. The van der Waals surface area contributed by atoms with E-state index in [0.29, 0.717) is 4.48 Å². The lowest BCUT2D eigenvalue weighted by Gasteiger charge is -2.06. The molecular weight excluding hydrogens is 402 g/mol. The van der Waals surface area contributed by atoms with E-state index in [0.717, 1.165) is 11.1 Å². The molecule has 0 radical (unpaired) electrons. The number of halogens is 1. The molecule has 8 heteroatoms. The minimum absolute atomic E-state index is 0.0323. The van der Waals surface area contributed by atoms with Crippen molar-refractivity contribution in [3.05, 3.63) is 74.3 Å². The normalized spacial score (nSPS) is 11.4. The Morgan fingerprint density at radius 2 is 2.04 bits per heavy atom. The van der Waals surface area contributed by atoms with E-state index in [-0.39, 0.29) is 18.0 Å². The molecule has 0 aliphatic rings. The van der Waals surface area contributed by atoms with Crippen molar-refractivity contribution in [2.75, 3.05) is 6.61 Å². The van der Waals surface area contributed by atoms with E-state index in [1.165, 1.54) is 18.3 Å². The molecule has 0 fully saturated rings. The molecule has 1 amide bonds. The number of carbonyl (C=O) groups is 1. The van der Waals surface area contributed by atoms with Crippen LogP contribution >= 0.6 is 15.9 Å². The van der Waals surface area contributed by atoms with Gasteiger partial charge in [0, 0.05) is 10.5 Å². The smallest absolute Gasteiger partial charge is 0.311 e. The number of ether oxygens (including phenoxy) is 1. The molecule has 2 aromatic rings. The van der Waals surface area contributed by atoms with E-state index >= 15 is 0 Å². The van der Waals surface area contributed by atoms with Crippen LogP contribution in [0.5, 0.6) is 5.75 Å². The van der Waals surface area contributed by atoms with Crippen LogP contribution in [0.2, 0.25) is 0 Å². The van der Waals surface area contributed by atoms with E-state index in [9.17, 15) is 14.9 Å². The van der Waals surface area contributed by atoms with Crippen molar-refractivity contribution in [1.82, 2.24) is 5.43 Å². The molecule has 1 N–H and O–H groups in total. The zero-order valence-electron chi connectivity index (χ0n) is 13.9. The van der Waals surface area contributed by atoms with E-state index in [1.54, 1.807) is 13.0 Å². The summed E-state index contributed by atoms with van der Waals surface area (Å²) in [5.41, 5.74) is 3.82. The Hall–Kier alpha value is -3.00. The second kappa shape index (κ2) is 9.47. The molecule has 134 valence electrons. The maximum Gasteiger partial charge on any atom is 0.311 e. The van der Waals surface area contributed by atoms with Gasteiger partial charge in [0.05, 0.1) is 11.1 Å². The number of allylic oxidation sites excluding steroid dienone is 1. The summed E-state index contributed by atoms with van der Waals surface area (Å²) in [7, 11) is 0. The third-order valence-corrected chi connectivity index (χ3v) is 3.58. The number of hydrazone groups is 1. The van der Waals surface area contributed by atoms with Gasteiger partial charge in [-0.05, 0) is 46.1 Å². The number of amides is 1. The summed E-state index contributed by atoms with van der Waals surface area (Å²) in [4.78, 5) is 22.2. The SMILES string of the molecule is Cc1ccc(OCC(=O)NN=C/C(Br)=C/c2ccccc2)c([N+](=O)[O-])c1. The first-order valence-corrected chi connectivity index (χ1v) is 8.37. The quantitative estimate of drug-likeness (QED) is 0.420. The molecule has 0 saturated heterocycles. The van der Waals surface area contributed by atoms with Crippen LogP contribution in [0.1, 0.15) is 11.1 Å². The third-order valence-electron chi connectivity index (χ3n) is 3.15. The van der Waals surface area contributed by atoms with Gasteiger partial charge < -0.3 is 4.74 Å². The molecule has 0 atom stereocenters. The summed E-state index contributed by atoms with van der Waals surface area (Å²) in [6.45, 7) is 1.35. The Labute approximate surface area is 158 Å². The fourth-order valence-electron chi connectivity index (χ4n) is 1.98. The summed E-state index contributed by atoms with van der Waals surface area (Å²) in [6, 6.07) is 14.1. The zero-order valence-corrected chi connectivity index (χ0v) is 15.5. The Kier molecular flexibility index (Phi) is 7.04. The van der Waals surface area contributed by atoms with Gasteiger partial charge in [0.2, 0.25) is 0 Å². The summed E-state index contributed by atoms with van der Waals surface area (Å²) in [5.74, 6) is -0.499. The maximum absolute atomic E-state index is 11.7. The highest BCUT2D eigenvalue weighted by atomic mass is 79.9. The van der Waals surface area contributed by atoms with Gasteiger partial charge in [-0.1, -0.05) is 36.4 Å². The number of hydrogen-bond acceptors (Lipinski definition) is 5. The summed E-state index contributed by atoms with van der Waals surface area (Å²) in [5, 5.41) is 14.8. The fraction of sp³-hybridized carbons (Fsp3) is 0.111. The molecule has 0 aromatic heterocycles. The van der Waals surface area contributed by atoms with Crippen LogP contribution in [0.25, 0.3) is 6.08 Å². The van der Waals surface area contributed by atoms with Crippen LogP contribution in [0, 0.1) is 17.0 Å². The number of hydrogen-bond donors (Lipinski definition) is 1. The van der Waals surface area contributed by atoms with E-state index in [4.69, 9.17) is 4.74 Å². The summed E-state index contributed by atoms with van der Waals surface area (Å²) in [6.07, 6.45) is 3.26. The molecule has 2 aromatic carbocycles. The number of aryl methyl sites for hydroxylation is 1. The molecule has 0 unspecified atom stereocenters. The van der Waals surface area contributed by atoms with Gasteiger partial charge in [-0.15, -0.1) is 0 Å². The zero-order chi connectivity index (χ0) is 18.9. The van der Waals surface area contributed by atoms with Crippen LogP contribution in [0.15, 0.2) is 58.1 Å². The first-order chi connectivity index (χ1) is 12.5. The van der Waals surface area contributed by atoms with Gasteiger partial charge in [-0.2, -0.15) is 5.10 Å². The number of nitro groups is 1. The van der Waals surface area contributed by atoms with Gasteiger partial charge in [0.1, 0.15) is 0 Å². The van der Waals surface area contributed by atoms with Crippen molar-refractivity contribution in [3.8, 4) is 5.75 Å². The molecule has 0 saturated carbocycles. The van der Waals surface area contributed by atoms with Gasteiger partial charge in [-0.3, -0.25) is 14.9 Å². The molecule has 2 rings (SSSR count). The average molecular weight is 418 g/mol. The monoisotopic (exact) mass is 417 g/mol. The Balaban J connectivity index is 1.88. The highest BCUT2D eigenvalue weighted by Crippen LogP contribution is 2.27. The lowest BCUT2D eigenvalue weighted by atomic mass is 10.2. The number of carbonyl (C=O) groups excluding carboxylic acids is 1. The molecule has 0 aliphatic heterocycles. The van der Waals surface area contributed by atoms with Gasteiger partial charge in [-0.25, -0.2) is 5.43 Å². The van der Waals surface area contributed by atoms with E-state index < -0.39 is 10.8 Å². The van der Waals surface area contributed by atoms with Crippen LogP contribution in [0.4, 0.5) is 5.69 Å². The summed E-state index contributed by atoms with van der Waals surface area (Å²) >= 11 is 3.33. The molecule has 0 aliphatic carbocycles. The standard InChI is InChI=1S/C18H16BrN3O4/c1-13-7-8-17(16(9-13)22(24)25)26-12-18(23)21-20-11-15(19)10-14-5-3-2-4-6-14/h2-11H,12H2,1H3,(H,21,23)/b15-10-,20-11?.